The number of hydrazine groups is 1. The Labute approximate surface area is 129 Å². The molecular weight excluding hydrogens is 260 g/mol. The van der Waals surface area contributed by atoms with Crippen LogP contribution in [0.1, 0.15) is 60.9 Å². The molecule has 21 heavy (non-hydrogen) atoms. The average molecular weight is 290 g/mol. The maximum atomic E-state index is 6.04. The zero-order valence-corrected chi connectivity index (χ0v) is 14.1. The average Bonchev–Trinajstić information content (AvgIpc) is 2.45. The van der Waals surface area contributed by atoms with Gasteiger partial charge < -0.3 is 4.74 Å². The molecule has 1 aromatic rings. The number of hydrogen-bond acceptors (Lipinski definition) is 3. The minimum absolute atomic E-state index is 0.0459. The van der Waals surface area contributed by atoms with Gasteiger partial charge in [0.05, 0.1) is 11.6 Å². The lowest BCUT2D eigenvalue weighted by molar-refractivity contribution is -0.0807. The molecule has 1 aliphatic rings. The van der Waals surface area contributed by atoms with Gasteiger partial charge >= 0.3 is 0 Å². The van der Waals surface area contributed by atoms with Gasteiger partial charge in [-0.3, -0.25) is 11.3 Å². The highest BCUT2D eigenvalue weighted by Gasteiger charge is 2.43. The van der Waals surface area contributed by atoms with Crippen LogP contribution in [0.5, 0.6) is 0 Å². The third-order valence-electron chi connectivity index (χ3n) is 5.28. The summed E-state index contributed by atoms with van der Waals surface area (Å²) in [7, 11) is 1.83. The second-order valence-corrected chi connectivity index (χ2v) is 6.86. The summed E-state index contributed by atoms with van der Waals surface area (Å²) < 4.78 is 6.04. The first-order valence-corrected chi connectivity index (χ1v) is 8.02. The summed E-state index contributed by atoms with van der Waals surface area (Å²) >= 11 is 0. The van der Waals surface area contributed by atoms with E-state index >= 15 is 0 Å². The Hall–Kier alpha value is -0.900. The molecule has 0 spiro atoms. The maximum absolute atomic E-state index is 6.04. The minimum Gasteiger partial charge on any atom is -0.376 e. The highest BCUT2D eigenvalue weighted by molar-refractivity contribution is 5.39. The maximum Gasteiger partial charge on any atom is 0.0888 e. The molecule has 1 fully saturated rings. The quantitative estimate of drug-likeness (QED) is 0.656. The molecule has 3 N–H and O–H groups in total. The largest absolute Gasteiger partial charge is 0.376 e. The van der Waals surface area contributed by atoms with Crippen LogP contribution in [-0.4, -0.2) is 12.7 Å². The van der Waals surface area contributed by atoms with E-state index in [1.807, 2.05) is 7.11 Å². The highest BCUT2D eigenvalue weighted by atomic mass is 16.5. The lowest BCUT2D eigenvalue weighted by Gasteiger charge is -2.45. The summed E-state index contributed by atoms with van der Waals surface area (Å²) in [5.41, 5.74) is 8.07. The van der Waals surface area contributed by atoms with Crippen molar-refractivity contribution in [2.45, 2.75) is 65.0 Å². The van der Waals surface area contributed by atoms with E-state index in [0.717, 1.165) is 12.8 Å². The Morgan fingerprint density at radius 3 is 2.48 bits per heavy atom. The molecular formula is C18H30N2O. The van der Waals surface area contributed by atoms with E-state index in [-0.39, 0.29) is 11.6 Å². The Morgan fingerprint density at radius 1 is 1.24 bits per heavy atom. The molecule has 1 aliphatic carbocycles. The van der Waals surface area contributed by atoms with Crippen molar-refractivity contribution in [1.29, 1.82) is 0 Å². The lowest BCUT2D eigenvalue weighted by atomic mass is 9.72. The number of ether oxygens (including phenoxy) is 1. The van der Waals surface area contributed by atoms with Crippen molar-refractivity contribution in [2.24, 2.45) is 11.8 Å². The number of benzene rings is 1. The van der Waals surface area contributed by atoms with Crippen molar-refractivity contribution in [3.8, 4) is 0 Å². The van der Waals surface area contributed by atoms with E-state index in [9.17, 15) is 0 Å². The molecule has 0 bridgehead atoms. The van der Waals surface area contributed by atoms with Crippen LogP contribution in [0.4, 0.5) is 0 Å². The van der Waals surface area contributed by atoms with Crippen LogP contribution in [-0.2, 0) is 4.74 Å². The predicted molar refractivity (Wildman–Crippen MR) is 88.1 cm³/mol. The van der Waals surface area contributed by atoms with Gasteiger partial charge in [0.2, 0.25) is 0 Å². The second kappa shape index (κ2) is 6.47. The van der Waals surface area contributed by atoms with Crippen LogP contribution in [0.25, 0.3) is 0 Å². The molecule has 0 saturated heterocycles. The van der Waals surface area contributed by atoms with Gasteiger partial charge in [-0.2, -0.15) is 0 Å². The Kier molecular flexibility index (Phi) is 5.07. The van der Waals surface area contributed by atoms with Gasteiger partial charge in [-0.1, -0.05) is 31.9 Å². The van der Waals surface area contributed by atoms with Gasteiger partial charge in [0.15, 0.2) is 0 Å². The molecule has 118 valence electrons. The first-order chi connectivity index (χ1) is 9.93. The Balaban J connectivity index is 2.44. The normalized spacial score (nSPS) is 27.6. The fourth-order valence-electron chi connectivity index (χ4n) is 3.93. The molecule has 0 aliphatic heterocycles. The fourth-order valence-corrected chi connectivity index (χ4v) is 3.93. The van der Waals surface area contributed by atoms with Gasteiger partial charge in [0.1, 0.15) is 0 Å². The number of hydrogen-bond donors (Lipinski definition) is 2. The van der Waals surface area contributed by atoms with Gasteiger partial charge in [-0.05, 0) is 61.8 Å². The SMILES string of the molecule is COC1(C(NN)c2cc(C)c(C)cc2C)CCCC(C)C1. The van der Waals surface area contributed by atoms with Crippen LogP contribution in [0.3, 0.4) is 0 Å². The number of nitrogens with two attached hydrogens (primary N) is 1. The second-order valence-electron chi connectivity index (χ2n) is 6.86. The molecule has 3 atom stereocenters. The van der Waals surface area contributed by atoms with Crippen molar-refractivity contribution in [3.63, 3.8) is 0 Å². The number of rotatable bonds is 4. The molecule has 1 aromatic carbocycles. The molecule has 0 aromatic heterocycles. The van der Waals surface area contributed by atoms with Crippen molar-refractivity contribution < 1.29 is 4.74 Å². The number of nitrogens with one attached hydrogen (secondary N) is 1. The van der Waals surface area contributed by atoms with E-state index in [4.69, 9.17) is 10.6 Å². The third kappa shape index (κ3) is 3.15. The van der Waals surface area contributed by atoms with Gasteiger partial charge in [0, 0.05) is 7.11 Å². The van der Waals surface area contributed by atoms with E-state index in [0.29, 0.717) is 5.92 Å². The number of aryl methyl sites for hydroxylation is 3. The third-order valence-corrected chi connectivity index (χ3v) is 5.28. The van der Waals surface area contributed by atoms with E-state index in [2.05, 4.69) is 45.3 Å². The summed E-state index contributed by atoms with van der Waals surface area (Å²) in [6.45, 7) is 8.80. The predicted octanol–water partition coefficient (Wildman–Crippen LogP) is 3.71. The molecule has 0 amide bonds. The summed E-state index contributed by atoms with van der Waals surface area (Å²) in [6.07, 6.45) is 4.62. The fraction of sp³-hybridized carbons (Fsp3) is 0.667. The monoisotopic (exact) mass is 290 g/mol. The van der Waals surface area contributed by atoms with Gasteiger partial charge in [-0.15, -0.1) is 0 Å². The van der Waals surface area contributed by atoms with Crippen molar-refractivity contribution >= 4 is 0 Å². The topological polar surface area (TPSA) is 47.3 Å². The molecule has 0 heterocycles. The standard InChI is InChI=1S/C18H30N2O/c1-12-7-6-8-18(11-12,21-5)17(20-19)16-10-14(3)13(2)9-15(16)4/h9-10,12,17,20H,6-8,11,19H2,1-5H3. The summed E-state index contributed by atoms with van der Waals surface area (Å²) in [5, 5.41) is 0. The first-order valence-electron chi connectivity index (χ1n) is 8.02. The summed E-state index contributed by atoms with van der Waals surface area (Å²) in [5.74, 6) is 6.65. The zero-order chi connectivity index (χ0) is 15.6. The molecule has 3 unspecified atom stereocenters. The van der Waals surface area contributed by atoms with Crippen LogP contribution in [0.2, 0.25) is 0 Å². The summed E-state index contributed by atoms with van der Waals surface area (Å²) in [4.78, 5) is 0. The van der Waals surface area contributed by atoms with Crippen LogP contribution < -0.4 is 11.3 Å². The van der Waals surface area contributed by atoms with Gasteiger partial charge in [-0.25, -0.2) is 0 Å². The Bertz CT molecular complexity index is 500. The van der Waals surface area contributed by atoms with Crippen LogP contribution >= 0.6 is 0 Å². The minimum atomic E-state index is -0.196. The smallest absolute Gasteiger partial charge is 0.0888 e. The molecule has 3 heteroatoms. The summed E-state index contributed by atoms with van der Waals surface area (Å²) in [6, 6.07) is 4.57. The first kappa shape index (κ1) is 16.5. The van der Waals surface area contributed by atoms with Crippen molar-refractivity contribution in [3.05, 3.63) is 34.4 Å². The highest BCUT2D eigenvalue weighted by Crippen LogP contribution is 2.43. The molecule has 3 nitrogen and oxygen atoms in total. The van der Waals surface area contributed by atoms with Gasteiger partial charge in [0.25, 0.3) is 0 Å². The van der Waals surface area contributed by atoms with Crippen molar-refractivity contribution in [1.82, 2.24) is 5.43 Å². The van der Waals surface area contributed by atoms with Crippen LogP contribution in [0.15, 0.2) is 12.1 Å². The molecule has 1 saturated carbocycles. The zero-order valence-electron chi connectivity index (χ0n) is 14.1. The van der Waals surface area contributed by atoms with Crippen LogP contribution in [0, 0.1) is 26.7 Å². The van der Waals surface area contributed by atoms with E-state index in [1.54, 1.807) is 0 Å². The van der Waals surface area contributed by atoms with E-state index < -0.39 is 0 Å². The lowest BCUT2D eigenvalue weighted by Crippen LogP contribution is -2.50. The van der Waals surface area contributed by atoms with Crippen molar-refractivity contribution in [2.75, 3.05) is 7.11 Å². The Morgan fingerprint density at radius 2 is 1.90 bits per heavy atom. The molecule has 0 radical (unpaired) electrons. The molecule has 2 rings (SSSR count). The van der Waals surface area contributed by atoms with E-state index in [1.165, 1.54) is 35.1 Å². The number of methoxy groups -OCH3 is 1.